The molecular formula is C13H25N3O3. The Balaban J connectivity index is 1.62. The third kappa shape index (κ3) is 4.97. The summed E-state index contributed by atoms with van der Waals surface area (Å²) in [6.45, 7) is 3.37. The predicted octanol–water partition coefficient (Wildman–Crippen LogP) is 0.00130. The molecule has 6 nitrogen and oxygen atoms in total. The highest BCUT2D eigenvalue weighted by atomic mass is 16.5. The summed E-state index contributed by atoms with van der Waals surface area (Å²) >= 11 is 0. The Morgan fingerprint density at radius 2 is 2.16 bits per heavy atom. The number of rotatable bonds is 5. The van der Waals surface area contributed by atoms with E-state index in [0.29, 0.717) is 51.5 Å². The normalized spacial score (nSPS) is 27.4. The monoisotopic (exact) mass is 271 g/mol. The lowest BCUT2D eigenvalue weighted by Gasteiger charge is -2.32. The minimum atomic E-state index is -0.611. The maximum Gasteiger partial charge on any atom is 0.188 e. The largest absolute Gasteiger partial charge is 0.390 e. The molecule has 0 bridgehead atoms. The summed E-state index contributed by atoms with van der Waals surface area (Å²) in [7, 11) is 0. The van der Waals surface area contributed by atoms with Crippen LogP contribution in [0, 0.1) is 0 Å². The van der Waals surface area contributed by atoms with E-state index in [-0.39, 0.29) is 6.10 Å². The molecule has 1 atom stereocenters. The molecule has 2 heterocycles. The Labute approximate surface area is 114 Å². The van der Waals surface area contributed by atoms with Crippen LogP contribution < -0.4 is 11.1 Å². The van der Waals surface area contributed by atoms with E-state index in [0.717, 1.165) is 19.4 Å². The van der Waals surface area contributed by atoms with E-state index in [1.807, 2.05) is 0 Å². The minimum absolute atomic E-state index is 0.222. The van der Waals surface area contributed by atoms with Crippen molar-refractivity contribution in [3.63, 3.8) is 0 Å². The van der Waals surface area contributed by atoms with E-state index in [1.54, 1.807) is 0 Å². The molecule has 2 fully saturated rings. The molecule has 0 radical (unpaired) electrons. The average molecular weight is 271 g/mol. The highest BCUT2D eigenvalue weighted by Gasteiger charge is 2.29. The molecule has 0 amide bonds. The molecule has 0 aromatic heterocycles. The number of guanidine groups is 1. The second-order valence-electron chi connectivity index (χ2n) is 5.37. The number of nitrogens with one attached hydrogen (secondary N) is 1. The zero-order valence-corrected chi connectivity index (χ0v) is 11.4. The second kappa shape index (κ2) is 7.07. The van der Waals surface area contributed by atoms with Crippen LogP contribution in [0.25, 0.3) is 0 Å². The van der Waals surface area contributed by atoms with Crippen LogP contribution in [-0.2, 0) is 9.47 Å². The zero-order chi connectivity index (χ0) is 13.6. The summed E-state index contributed by atoms with van der Waals surface area (Å²) in [6.07, 6.45) is 4.47. The van der Waals surface area contributed by atoms with Crippen LogP contribution in [-0.4, -0.2) is 55.7 Å². The van der Waals surface area contributed by atoms with Gasteiger partial charge < -0.3 is 25.6 Å². The van der Waals surface area contributed by atoms with Crippen molar-refractivity contribution in [3.8, 4) is 0 Å². The topological polar surface area (TPSA) is 89.1 Å². The van der Waals surface area contributed by atoms with Gasteiger partial charge in [-0.25, -0.2) is 0 Å². The summed E-state index contributed by atoms with van der Waals surface area (Å²) < 4.78 is 10.7. The lowest BCUT2D eigenvalue weighted by atomic mass is 9.91. The molecule has 0 spiro atoms. The van der Waals surface area contributed by atoms with Gasteiger partial charge in [-0.2, -0.15) is 0 Å². The smallest absolute Gasteiger partial charge is 0.188 e. The molecule has 2 aliphatic rings. The number of aliphatic hydroxyl groups is 1. The molecule has 19 heavy (non-hydrogen) atoms. The zero-order valence-electron chi connectivity index (χ0n) is 11.4. The molecule has 0 aromatic carbocycles. The van der Waals surface area contributed by atoms with Gasteiger partial charge in [-0.3, -0.25) is 4.99 Å². The van der Waals surface area contributed by atoms with Gasteiger partial charge in [0.1, 0.15) is 0 Å². The van der Waals surface area contributed by atoms with Gasteiger partial charge in [0.05, 0.1) is 18.2 Å². The molecule has 0 saturated carbocycles. The van der Waals surface area contributed by atoms with Crippen molar-refractivity contribution in [3.05, 3.63) is 0 Å². The molecular weight excluding hydrogens is 246 g/mol. The summed E-state index contributed by atoms with van der Waals surface area (Å²) in [6, 6.07) is 0. The lowest BCUT2D eigenvalue weighted by Crippen LogP contribution is -2.41. The van der Waals surface area contributed by atoms with Gasteiger partial charge in [0, 0.05) is 26.4 Å². The number of ether oxygens (including phenoxy) is 2. The van der Waals surface area contributed by atoms with Crippen molar-refractivity contribution in [2.45, 2.75) is 43.8 Å². The first-order chi connectivity index (χ1) is 9.18. The van der Waals surface area contributed by atoms with E-state index in [4.69, 9.17) is 15.2 Å². The first kappa shape index (κ1) is 14.6. The number of hydrogen-bond donors (Lipinski definition) is 3. The maximum atomic E-state index is 10.3. The first-order valence-corrected chi connectivity index (χ1v) is 7.13. The van der Waals surface area contributed by atoms with Crippen molar-refractivity contribution in [2.24, 2.45) is 10.7 Å². The second-order valence-corrected chi connectivity index (χ2v) is 5.37. The molecule has 2 aliphatic heterocycles. The van der Waals surface area contributed by atoms with Gasteiger partial charge in [0.15, 0.2) is 5.96 Å². The van der Waals surface area contributed by atoms with Crippen LogP contribution in [0.15, 0.2) is 4.99 Å². The van der Waals surface area contributed by atoms with Crippen molar-refractivity contribution >= 4 is 5.96 Å². The molecule has 0 aromatic rings. The van der Waals surface area contributed by atoms with E-state index >= 15 is 0 Å². The fraction of sp³-hybridized carbons (Fsp3) is 0.923. The van der Waals surface area contributed by atoms with Crippen molar-refractivity contribution in [1.82, 2.24) is 5.32 Å². The Hall–Kier alpha value is -0.850. The summed E-state index contributed by atoms with van der Waals surface area (Å²) in [5.74, 6) is 0.436. The van der Waals surface area contributed by atoms with Crippen LogP contribution in [0.3, 0.4) is 0 Å². The molecule has 2 saturated heterocycles. The lowest BCUT2D eigenvalue weighted by molar-refractivity contribution is -0.0668. The predicted molar refractivity (Wildman–Crippen MR) is 73.1 cm³/mol. The van der Waals surface area contributed by atoms with Crippen molar-refractivity contribution in [2.75, 3.05) is 32.9 Å². The minimum Gasteiger partial charge on any atom is -0.390 e. The summed E-state index contributed by atoms with van der Waals surface area (Å²) in [5.41, 5.74) is 5.18. The number of hydrogen-bond acceptors (Lipinski definition) is 4. The van der Waals surface area contributed by atoms with Crippen LogP contribution in [0.4, 0.5) is 0 Å². The van der Waals surface area contributed by atoms with E-state index < -0.39 is 5.60 Å². The van der Waals surface area contributed by atoms with Gasteiger partial charge in [-0.15, -0.1) is 0 Å². The van der Waals surface area contributed by atoms with E-state index in [2.05, 4.69) is 10.3 Å². The molecule has 110 valence electrons. The van der Waals surface area contributed by atoms with Crippen LogP contribution >= 0.6 is 0 Å². The Morgan fingerprint density at radius 1 is 1.37 bits per heavy atom. The SMILES string of the molecule is NC(=NCC1CCCO1)NCCC1(O)CCOCC1. The van der Waals surface area contributed by atoms with Gasteiger partial charge >= 0.3 is 0 Å². The Morgan fingerprint density at radius 3 is 2.84 bits per heavy atom. The first-order valence-electron chi connectivity index (χ1n) is 7.13. The molecule has 4 N–H and O–H groups in total. The standard InChI is InChI=1S/C13H25N3O3/c14-12(16-10-11-2-1-7-19-11)15-6-3-13(17)4-8-18-9-5-13/h11,17H,1-10H2,(H3,14,15,16). The number of aliphatic imine (C=N–C) groups is 1. The average Bonchev–Trinajstić information content (AvgIpc) is 2.90. The van der Waals surface area contributed by atoms with E-state index in [9.17, 15) is 5.11 Å². The quantitative estimate of drug-likeness (QED) is 0.484. The number of nitrogens with two attached hydrogens (primary N) is 1. The van der Waals surface area contributed by atoms with Crippen LogP contribution in [0.1, 0.15) is 32.1 Å². The number of nitrogens with zero attached hydrogens (tertiary/aromatic N) is 1. The fourth-order valence-corrected chi connectivity index (χ4v) is 2.47. The Kier molecular flexibility index (Phi) is 5.42. The third-order valence-electron chi connectivity index (χ3n) is 3.81. The van der Waals surface area contributed by atoms with Crippen LogP contribution in [0.5, 0.6) is 0 Å². The van der Waals surface area contributed by atoms with E-state index in [1.165, 1.54) is 0 Å². The highest BCUT2D eigenvalue weighted by molar-refractivity contribution is 5.77. The molecule has 1 unspecified atom stereocenters. The van der Waals surface area contributed by atoms with Crippen molar-refractivity contribution in [1.29, 1.82) is 0 Å². The molecule has 0 aliphatic carbocycles. The van der Waals surface area contributed by atoms with Crippen molar-refractivity contribution < 1.29 is 14.6 Å². The summed E-state index contributed by atoms with van der Waals surface area (Å²) in [4.78, 5) is 4.26. The van der Waals surface area contributed by atoms with Gasteiger partial charge in [0.2, 0.25) is 0 Å². The Bertz CT molecular complexity index is 298. The fourth-order valence-electron chi connectivity index (χ4n) is 2.47. The van der Waals surface area contributed by atoms with Crippen LogP contribution in [0.2, 0.25) is 0 Å². The van der Waals surface area contributed by atoms with Gasteiger partial charge in [-0.05, 0) is 32.1 Å². The molecule has 2 rings (SSSR count). The third-order valence-corrected chi connectivity index (χ3v) is 3.81. The van der Waals surface area contributed by atoms with Gasteiger partial charge in [-0.1, -0.05) is 0 Å². The summed E-state index contributed by atoms with van der Waals surface area (Å²) in [5, 5.41) is 13.3. The highest BCUT2D eigenvalue weighted by Crippen LogP contribution is 2.23. The van der Waals surface area contributed by atoms with Gasteiger partial charge in [0.25, 0.3) is 0 Å². The maximum absolute atomic E-state index is 10.3. The molecule has 6 heteroatoms.